The molecule has 3 aromatic carbocycles. The maximum Gasteiger partial charge on any atom is 0.407 e. The van der Waals surface area contributed by atoms with Crippen molar-refractivity contribution in [3.05, 3.63) is 95.6 Å². The van der Waals surface area contributed by atoms with E-state index in [1.807, 2.05) is 74.5 Å². The van der Waals surface area contributed by atoms with Crippen LogP contribution >= 0.6 is 0 Å². The first-order valence-electron chi connectivity index (χ1n) is 16.2. The summed E-state index contributed by atoms with van der Waals surface area (Å²) in [5.41, 5.74) is 3.01. The minimum Gasteiger partial charge on any atom is -0.443 e. The molecule has 11 nitrogen and oxygen atoms in total. The number of nitrogens with one attached hydrogen (secondary N) is 2. The zero-order chi connectivity index (χ0) is 33.8. The first kappa shape index (κ1) is 33.8. The quantitative estimate of drug-likeness (QED) is 0.242. The summed E-state index contributed by atoms with van der Waals surface area (Å²) in [4.78, 5) is 26.0. The van der Waals surface area contributed by atoms with Gasteiger partial charge in [0, 0.05) is 29.9 Å². The van der Waals surface area contributed by atoms with E-state index in [0.717, 1.165) is 17.5 Å². The molecule has 254 valence electrons. The lowest BCUT2D eigenvalue weighted by Gasteiger charge is -2.31. The zero-order valence-corrected chi connectivity index (χ0v) is 27.8. The highest BCUT2D eigenvalue weighted by Gasteiger charge is 2.44. The van der Waals surface area contributed by atoms with Crippen molar-refractivity contribution in [2.45, 2.75) is 56.1 Å². The van der Waals surface area contributed by atoms with Crippen molar-refractivity contribution in [2.75, 3.05) is 31.6 Å². The zero-order valence-electron chi connectivity index (χ0n) is 27.0. The molecule has 3 aliphatic rings. The van der Waals surface area contributed by atoms with E-state index >= 15 is 0 Å². The van der Waals surface area contributed by atoms with Crippen molar-refractivity contribution in [1.82, 2.24) is 9.62 Å². The minimum absolute atomic E-state index is 0.00823. The highest BCUT2D eigenvalue weighted by atomic mass is 32.2. The molecule has 2 saturated heterocycles. The van der Waals surface area contributed by atoms with Gasteiger partial charge in [-0.05, 0) is 54.2 Å². The Bertz CT molecular complexity index is 1750. The fourth-order valence-electron chi connectivity index (χ4n) is 6.37. The summed E-state index contributed by atoms with van der Waals surface area (Å²) < 4.78 is 46.6. The summed E-state index contributed by atoms with van der Waals surface area (Å²) in [5.74, 6) is -0.451. The largest absolute Gasteiger partial charge is 0.443 e. The number of nitrogens with zero attached hydrogens (tertiary/aromatic N) is 1. The molecule has 48 heavy (non-hydrogen) atoms. The molecule has 5 atom stereocenters. The van der Waals surface area contributed by atoms with E-state index in [0.29, 0.717) is 23.4 Å². The number of hydrogen-bond acceptors (Lipinski definition) is 8. The second-order valence-corrected chi connectivity index (χ2v) is 14.8. The van der Waals surface area contributed by atoms with Crippen LogP contribution in [0.5, 0.6) is 0 Å². The molecule has 12 heteroatoms. The number of carbonyl (C=O) groups excluding carboxylic acids is 2. The van der Waals surface area contributed by atoms with Crippen LogP contribution in [0.3, 0.4) is 0 Å². The number of ether oxygens (including phenoxy) is 3. The first-order chi connectivity index (χ1) is 23.1. The Labute approximate surface area is 280 Å². The smallest absolute Gasteiger partial charge is 0.407 e. The van der Waals surface area contributed by atoms with Crippen molar-refractivity contribution in [2.24, 2.45) is 11.8 Å². The number of hydrogen-bond donors (Lipinski definition) is 3. The minimum atomic E-state index is -4.16. The van der Waals surface area contributed by atoms with Gasteiger partial charge in [0.15, 0.2) is 6.29 Å². The van der Waals surface area contributed by atoms with Crippen molar-refractivity contribution in [3.8, 4) is 0 Å². The maximum atomic E-state index is 14.2. The van der Waals surface area contributed by atoms with E-state index in [-0.39, 0.29) is 55.0 Å². The highest BCUT2D eigenvalue weighted by molar-refractivity contribution is 7.89. The molecule has 0 aromatic heterocycles. The molecule has 3 aromatic rings. The standard InChI is InChI=1S/C36H41N3O8S/c1-23(2)20-39(48(43,44)26-13-14-30-28(19-26)29(34(41)37-30)17-24-9-5-3-6-10-24)21-32(40)31(18-25-11-7-4-8-12-25)38-36(42)47-33-22-46-35-27(33)15-16-45-35/h3-14,17,19,23,27,31-33,35,40H,15-16,18,20-22H2,1-2H3,(H,37,41)(H,38,42)/b29-17-. The predicted molar refractivity (Wildman–Crippen MR) is 180 cm³/mol. The van der Waals surface area contributed by atoms with Gasteiger partial charge < -0.3 is 30.0 Å². The van der Waals surface area contributed by atoms with Crippen LogP contribution in [0.25, 0.3) is 11.6 Å². The third-order valence-corrected chi connectivity index (χ3v) is 10.6. The maximum absolute atomic E-state index is 14.2. The van der Waals surface area contributed by atoms with E-state index in [9.17, 15) is 23.1 Å². The van der Waals surface area contributed by atoms with Crippen molar-refractivity contribution in [1.29, 1.82) is 0 Å². The van der Waals surface area contributed by atoms with E-state index in [1.54, 1.807) is 12.1 Å². The van der Waals surface area contributed by atoms with E-state index in [4.69, 9.17) is 14.2 Å². The molecule has 0 saturated carbocycles. The van der Waals surface area contributed by atoms with Crippen LogP contribution in [-0.4, -0.2) is 80.7 Å². The Hall–Kier alpha value is -4.07. The molecule has 3 heterocycles. The van der Waals surface area contributed by atoms with Crippen molar-refractivity contribution >= 4 is 39.4 Å². The Morgan fingerprint density at radius 1 is 1.06 bits per heavy atom. The molecular formula is C36H41N3O8S. The second-order valence-electron chi connectivity index (χ2n) is 12.8. The average molecular weight is 676 g/mol. The van der Waals surface area contributed by atoms with Gasteiger partial charge in [-0.1, -0.05) is 74.5 Å². The van der Waals surface area contributed by atoms with E-state index < -0.39 is 34.4 Å². The van der Waals surface area contributed by atoms with Crippen LogP contribution in [0.15, 0.2) is 83.8 Å². The van der Waals surface area contributed by atoms with Gasteiger partial charge in [-0.2, -0.15) is 4.31 Å². The predicted octanol–water partition coefficient (Wildman–Crippen LogP) is 4.29. The van der Waals surface area contributed by atoms with Crippen LogP contribution in [-0.2, 0) is 35.4 Å². The number of rotatable bonds is 12. The molecule has 2 amide bonds. The molecule has 6 rings (SSSR count). The number of fused-ring (bicyclic) bond motifs is 2. The summed E-state index contributed by atoms with van der Waals surface area (Å²) in [6, 6.07) is 22.3. The van der Waals surface area contributed by atoms with Crippen LogP contribution in [0.4, 0.5) is 10.5 Å². The summed E-state index contributed by atoms with van der Waals surface area (Å²) >= 11 is 0. The Kier molecular flexibility index (Phi) is 10.3. The Balaban J connectivity index is 1.24. The number of aliphatic hydroxyl groups excluding tert-OH is 1. The van der Waals surface area contributed by atoms with Crippen LogP contribution < -0.4 is 10.6 Å². The highest BCUT2D eigenvalue weighted by Crippen LogP contribution is 2.36. The third-order valence-electron chi connectivity index (χ3n) is 8.79. The molecule has 0 radical (unpaired) electrons. The van der Waals surface area contributed by atoms with Crippen molar-refractivity contribution < 1.29 is 37.3 Å². The van der Waals surface area contributed by atoms with Gasteiger partial charge in [0.25, 0.3) is 5.91 Å². The van der Waals surface area contributed by atoms with Gasteiger partial charge in [0.05, 0.1) is 36.2 Å². The topological polar surface area (TPSA) is 144 Å². The number of benzene rings is 3. The average Bonchev–Trinajstić information content (AvgIpc) is 3.77. The Morgan fingerprint density at radius 3 is 2.52 bits per heavy atom. The SMILES string of the molecule is CC(C)CN(CC(O)C(Cc1ccccc1)NC(=O)OC1COC2OCCC12)S(=O)(=O)c1ccc2c(c1)/C(=C/c1ccccc1)C(=O)N2. The lowest BCUT2D eigenvalue weighted by atomic mass is 10.0. The number of anilines is 1. The molecule has 3 N–H and O–H groups in total. The molecule has 0 spiro atoms. The van der Waals surface area contributed by atoms with Crippen LogP contribution in [0, 0.1) is 11.8 Å². The number of aliphatic hydroxyl groups is 1. The molecule has 0 bridgehead atoms. The van der Waals surface area contributed by atoms with Gasteiger partial charge in [0.2, 0.25) is 10.0 Å². The van der Waals surface area contributed by atoms with Crippen molar-refractivity contribution in [3.63, 3.8) is 0 Å². The summed E-state index contributed by atoms with van der Waals surface area (Å²) in [5, 5.41) is 17.3. The molecule has 3 aliphatic heterocycles. The van der Waals surface area contributed by atoms with E-state index in [2.05, 4.69) is 10.6 Å². The number of carbonyl (C=O) groups is 2. The third kappa shape index (κ3) is 7.63. The molecular weight excluding hydrogens is 634 g/mol. The lowest BCUT2D eigenvalue weighted by Crippen LogP contribution is -2.51. The van der Waals surface area contributed by atoms with Gasteiger partial charge in [0.1, 0.15) is 6.10 Å². The Morgan fingerprint density at radius 2 is 1.79 bits per heavy atom. The summed E-state index contributed by atoms with van der Waals surface area (Å²) in [6.07, 6.45) is -0.194. The molecule has 5 unspecified atom stereocenters. The van der Waals surface area contributed by atoms with E-state index in [1.165, 1.54) is 16.4 Å². The van der Waals surface area contributed by atoms with Gasteiger partial charge in [-0.25, -0.2) is 13.2 Å². The number of sulfonamides is 1. The van der Waals surface area contributed by atoms with Gasteiger partial charge in [-0.15, -0.1) is 0 Å². The second kappa shape index (κ2) is 14.6. The fourth-order valence-corrected chi connectivity index (χ4v) is 8.02. The normalized spacial score (nSPS) is 22.4. The number of alkyl carbamates (subject to hydrolysis) is 1. The summed E-state index contributed by atoms with van der Waals surface area (Å²) in [6.45, 7) is 4.37. The lowest BCUT2D eigenvalue weighted by molar-refractivity contribution is -0.110. The van der Waals surface area contributed by atoms with Gasteiger partial charge >= 0.3 is 6.09 Å². The molecule has 0 aliphatic carbocycles. The van der Waals surface area contributed by atoms with Crippen LogP contribution in [0.1, 0.15) is 37.0 Å². The summed E-state index contributed by atoms with van der Waals surface area (Å²) in [7, 11) is -4.16. The monoisotopic (exact) mass is 675 g/mol. The number of amides is 2. The molecule has 2 fully saturated rings. The fraction of sp³-hybridized carbons (Fsp3) is 0.389. The van der Waals surface area contributed by atoms with Gasteiger partial charge in [-0.3, -0.25) is 4.79 Å². The van der Waals surface area contributed by atoms with Crippen LogP contribution in [0.2, 0.25) is 0 Å². The first-order valence-corrected chi connectivity index (χ1v) is 17.7.